The molecule has 0 bridgehead atoms. The molecule has 0 fully saturated rings. The number of aliphatic carboxylic acids is 1. The number of hydrogen-bond acceptors (Lipinski definition) is 4. The van der Waals surface area contributed by atoms with Gasteiger partial charge in [-0.1, -0.05) is 19.8 Å². The number of carbonyl (C=O) groups is 1. The fourth-order valence-corrected chi connectivity index (χ4v) is 3.52. The molecule has 1 rings (SSSR count). The zero-order valence-electron chi connectivity index (χ0n) is 13.6. The third kappa shape index (κ3) is 4.71. The molecule has 0 heterocycles. The van der Waals surface area contributed by atoms with Crippen LogP contribution in [0.25, 0.3) is 0 Å². The summed E-state index contributed by atoms with van der Waals surface area (Å²) in [5.74, 6) is 4.38. The molecule has 1 N–H and O–H groups in total. The number of benzene rings is 1. The summed E-state index contributed by atoms with van der Waals surface area (Å²) in [5, 5.41) is 9.25. The molecule has 23 heavy (non-hydrogen) atoms. The van der Waals surface area contributed by atoms with E-state index in [-0.39, 0.29) is 17.4 Å². The fourth-order valence-electron chi connectivity index (χ4n) is 2.08. The lowest BCUT2D eigenvalue weighted by atomic mass is 10.1. The van der Waals surface area contributed by atoms with Gasteiger partial charge < -0.3 is 9.84 Å². The van der Waals surface area contributed by atoms with Gasteiger partial charge in [-0.25, -0.2) is 8.42 Å². The van der Waals surface area contributed by atoms with Gasteiger partial charge in [0, 0.05) is 7.05 Å². The molecule has 1 atom stereocenters. The number of ether oxygens (including phenoxy) is 1. The van der Waals surface area contributed by atoms with E-state index in [2.05, 4.69) is 11.8 Å². The molecule has 0 spiro atoms. The lowest BCUT2D eigenvalue weighted by molar-refractivity contribution is -0.142. The van der Waals surface area contributed by atoms with Crippen LogP contribution in [0, 0.1) is 17.8 Å². The van der Waals surface area contributed by atoms with Crippen LogP contribution in [0.3, 0.4) is 0 Å². The Bertz CT molecular complexity index is 698. The number of carboxylic acids is 1. The topological polar surface area (TPSA) is 83.9 Å². The molecule has 0 aliphatic heterocycles. The molecule has 0 amide bonds. The van der Waals surface area contributed by atoms with Crippen molar-refractivity contribution in [2.75, 3.05) is 13.7 Å². The largest absolute Gasteiger partial charge is 0.481 e. The Morgan fingerprint density at radius 3 is 2.30 bits per heavy atom. The SMILES string of the molecule is CC#CCOc1ccc(S(=O)(=O)N(C)[C@@H](C(=O)O)C(C)C)cc1. The lowest BCUT2D eigenvalue weighted by Gasteiger charge is -2.27. The van der Waals surface area contributed by atoms with Gasteiger partial charge in [-0.3, -0.25) is 4.79 Å². The molecule has 7 heteroatoms. The molecular weight excluding hydrogens is 318 g/mol. The summed E-state index contributed by atoms with van der Waals surface area (Å²) in [6, 6.07) is 4.68. The summed E-state index contributed by atoms with van der Waals surface area (Å²) in [7, 11) is -2.63. The van der Waals surface area contributed by atoms with Crippen LogP contribution in [-0.2, 0) is 14.8 Å². The van der Waals surface area contributed by atoms with Crippen LogP contribution in [0.1, 0.15) is 20.8 Å². The van der Waals surface area contributed by atoms with Gasteiger partial charge in [0.25, 0.3) is 0 Å². The minimum Gasteiger partial charge on any atom is -0.481 e. The molecule has 0 saturated carbocycles. The summed E-state index contributed by atoms with van der Waals surface area (Å²) < 4.78 is 31.3. The average Bonchev–Trinajstić information content (AvgIpc) is 2.47. The fraction of sp³-hybridized carbons (Fsp3) is 0.438. The van der Waals surface area contributed by atoms with Crippen molar-refractivity contribution in [2.24, 2.45) is 5.92 Å². The molecule has 0 radical (unpaired) electrons. The van der Waals surface area contributed by atoms with E-state index < -0.39 is 22.0 Å². The predicted octanol–water partition coefficient (Wildman–Crippen LogP) is 1.82. The Kier molecular flexibility index (Phi) is 6.61. The molecule has 0 aliphatic carbocycles. The van der Waals surface area contributed by atoms with E-state index in [9.17, 15) is 18.3 Å². The molecule has 0 aliphatic rings. The van der Waals surface area contributed by atoms with Gasteiger partial charge in [0.1, 0.15) is 18.4 Å². The van der Waals surface area contributed by atoms with Crippen LogP contribution in [0.4, 0.5) is 0 Å². The van der Waals surface area contributed by atoms with Gasteiger partial charge in [-0.15, -0.1) is 5.92 Å². The van der Waals surface area contributed by atoms with Crippen LogP contribution < -0.4 is 4.74 Å². The standard InChI is InChI=1S/C16H21NO5S/c1-5-6-11-22-13-7-9-14(10-8-13)23(20,21)17(4)15(12(2)3)16(18)19/h7-10,12,15H,11H2,1-4H3,(H,18,19)/t15-/m1/s1. The third-order valence-corrected chi connectivity index (χ3v) is 5.12. The van der Waals surface area contributed by atoms with Crippen molar-refractivity contribution < 1.29 is 23.1 Å². The van der Waals surface area contributed by atoms with Crippen LogP contribution in [0.5, 0.6) is 5.75 Å². The van der Waals surface area contributed by atoms with Crippen molar-refractivity contribution in [2.45, 2.75) is 31.7 Å². The van der Waals surface area contributed by atoms with Gasteiger partial charge >= 0.3 is 5.97 Å². The quantitative estimate of drug-likeness (QED) is 0.766. The lowest BCUT2D eigenvalue weighted by Crippen LogP contribution is -2.45. The predicted molar refractivity (Wildman–Crippen MR) is 86.6 cm³/mol. The summed E-state index contributed by atoms with van der Waals surface area (Å²) >= 11 is 0. The minimum absolute atomic E-state index is 0.0147. The summed E-state index contributed by atoms with van der Waals surface area (Å²) in [6.45, 7) is 5.24. The van der Waals surface area contributed by atoms with Crippen molar-refractivity contribution in [3.63, 3.8) is 0 Å². The van der Waals surface area contributed by atoms with Crippen molar-refractivity contribution in [3.05, 3.63) is 24.3 Å². The molecule has 6 nitrogen and oxygen atoms in total. The molecular formula is C16H21NO5S. The number of likely N-dealkylation sites (N-methyl/N-ethyl adjacent to an activating group) is 1. The van der Waals surface area contributed by atoms with Gasteiger partial charge in [-0.05, 0) is 37.1 Å². The van der Waals surface area contributed by atoms with Crippen LogP contribution in [-0.4, -0.2) is 43.5 Å². The zero-order valence-corrected chi connectivity index (χ0v) is 14.4. The van der Waals surface area contributed by atoms with Crippen molar-refractivity contribution >= 4 is 16.0 Å². The first-order valence-electron chi connectivity index (χ1n) is 7.05. The third-order valence-electron chi connectivity index (χ3n) is 3.26. The average molecular weight is 339 g/mol. The van der Waals surface area contributed by atoms with Crippen molar-refractivity contribution in [1.82, 2.24) is 4.31 Å². The molecule has 1 aromatic carbocycles. The maximum absolute atomic E-state index is 12.6. The Balaban J connectivity index is 3.02. The number of sulfonamides is 1. The summed E-state index contributed by atoms with van der Waals surface area (Å²) in [6.07, 6.45) is 0. The first-order chi connectivity index (χ1) is 10.7. The van der Waals surface area contributed by atoms with E-state index in [0.29, 0.717) is 5.75 Å². The number of hydrogen-bond donors (Lipinski definition) is 1. The molecule has 0 aromatic heterocycles. The number of nitrogens with zero attached hydrogens (tertiary/aromatic N) is 1. The Labute approximate surface area is 137 Å². The van der Waals surface area contributed by atoms with Crippen LogP contribution >= 0.6 is 0 Å². The molecule has 126 valence electrons. The van der Waals surface area contributed by atoms with E-state index in [1.54, 1.807) is 20.8 Å². The molecule has 0 unspecified atom stereocenters. The number of carboxylic acid groups (broad SMARTS) is 1. The highest BCUT2D eigenvalue weighted by atomic mass is 32.2. The van der Waals surface area contributed by atoms with Gasteiger partial charge in [0.15, 0.2) is 0 Å². The second-order valence-electron chi connectivity index (χ2n) is 5.24. The van der Waals surface area contributed by atoms with Crippen LogP contribution in [0.2, 0.25) is 0 Å². The number of rotatable bonds is 7. The Morgan fingerprint density at radius 2 is 1.87 bits per heavy atom. The minimum atomic E-state index is -3.90. The van der Waals surface area contributed by atoms with Crippen molar-refractivity contribution in [1.29, 1.82) is 0 Å². The normalized spacial score (nSPS) is 12.6. The van der Waals surface area contributed by atoms with Gasteiger partial charge in [0.2, 0.25) is 10.0 Å². The van der Waals surface area contributed by atoms with E-state index in [1.807, 2.05) is 0 Å². The van der Waals surface area contributed by atoms with E-state index >= 15 is 0 Å². The smallest absolute Gasteiger partial charge is 0.322 e. The van der Waals surface area contributed by atoms with Gasteiger partial charge in [0.05, 0.1) is 4.90 Å². The monoisotopic (exact) mass is 339 g/mol. The Hall–Kier alpha value is -2.04. The van der Waals surface area contributed by atoms with E-state index in [0.717, 1.165) is 4.31 Å². The molecule has 0 saturated heterocycles. The summed E-state index contributed by atoms with van der Waals surface area (Å²) in [5.41, 5.74) is 0. The maximum Gasteiger partial charge on any atom is 0.322 e. The summed E-state index contributed by atoms with van der Waals surface area (Å²) in [4.78, 5) is 11.3. The zero-order chi connectivity index (χ0) is 17.6. The van der Waals surface area contributed by atoms with Crippen LogP contribution in [0.15, 0.2) is 29.2 Å². The van der Waals surface area contributed by atoms with Crippen molar-refractivity contribution in [3.8, 4) is 17.6 Å². The van der Waals surface area contributed by atoms with Gasteiger partial charge in [-0.2, -0.15) is 4.31 Å². The highest BCUT2D eigenvalue weighted by Crippen LogP contribution is 2.22. The first-order valence-corrected chi connectivity index (χ1v) is 8.49. The molecule has 1 aromatic rings. The second-order valence-corrected chi connectivity index (χ2v) is 7.23. The van der Waals surface area contributed by atoms with E-state index in [4.69, 9.17) is 4.74 Å². The highest BCUT2D eigenvalue weighted by Gasteiger charge is 2.34. The maximum atomic E-state index is 12.6. The second kappa shape index (κ2) is 7.99. The first kappa shape index (κ1) is 19.0. The van der Waals surface area contributed by atoms with E-state index in [1.165, 1.54) is 31.3 Å². The highest BCUT2D eigenvalue weighted by molar-refractivity contribution is 7.89. The Morgan fingerprint density at radius 1 is 1.30 bits per heavy atom.